The summed E-state index contributed by atoms with van der Waals surface area (Å²) in [6.07, 6.45) is 2.41. The van der Waals surface area contributed by atoms with Gasteiger partial charge in [-0.25, -0.2) is 4.98 Å². The van der Waals surface area contributed by atoms with E-state index in [-0.39, 0.29) is 17.5 Å². The monoisotopic (exact) mass is 293 g/mol. The Morgan fingerprint density at radius 2 is 2.20 bits per heavy atom. The summed E-state index contributed by atoms with van der Waals surface area (Å²) in [6.45, 7) is 8.26. The van der Waals surface area contributed by atoms with E-state index >= 15 is 0 Å². The van der Waals surface area contributed by atoms with Crippen molar-refractivity contribution in [3.8, 4) is 0 Å². The lowest BCUT2D eigenvalue weighted by Gasteiger charge is -2.10. The van der Waals surface area contributed by atoms with Crippen LogP contribution in [-0.2, 0) is 6.54 Å². The number of aryl methyl sites for hydroxylation is 2. The van der Waals surface area contributed by atoms with Gasteiger partial charge in [0.25, 0.3) is 11.5 Å². The van der Waals surface area contributed by atoms with Crippen molar-refractivity contribution in [3.05, 3.63) is 27.1 Å². The summed E-state index contributed by atoms with van der Waals surface area (Å²) in [7, 11) is 0. The molecule has 2 aromatic rings. The van der Waals surface area contributed by atoms with Crippen molar-refractivity contribution in [2.45, 2.75) is 46.7 Å². The summed E-state index contributed by atoms with van der Waals surface area (Å²) < 4.78 is 1.55. The fraction of sp³-hybridized carbons (Fsp3) is 0.500. The molecule has 0 aliphatic carbocycles. The van der Waals surface area contributed by atoms with Gasteiger partial charge in [-0.15, -0.1) is 11.3 Å². The maximum absolute atomic E-state index is 12.3. The minimum atomic E-state index is -0.123. The summed E-state index contributed by atoms with van der Waals surface area (Å²) in [6, 6.07) is 0.118. The van der Waals surface area contributed by atoms with Crippen LogP contribution in [0.4, 0.5) is 0 Å². The van der Waals surface area contributed by atoms with Crippen molar-refractivity contribution in [2.24, 2.45) is 0 Å². The lowest BCUT2D eigenvalue weighted by atomic mass is 10.2. The number of hydrogen-bond donors (Lipinski definition) is 1. The Bertz CT molecular complexity index is 702. The minimum Gasteiger partial charge on any atom is -0.349 e. The number of rotatable bonds is 4. The molecule has 0 bridgehead atoms. The summed E-state index contributed by atoms with van der Waals surface area (Å²) >= 11 is 1.28. The molecule has 5 nitrogen and oxygen atoms in total. The smallest absolute Gasteiger partial charge is 0.262 e. The predicted molar refractivity (Wildman–Crippen MR) is 81.5 cm³/mol. The molecule has 1 N–H and O–H groups in total. The molecule has 108 valence electrons. The second-order valence-corrected chi connectivity index (χ2v) is 5.85. The summed E-state index contributed by atoms with van der Waals surface area (Å²) in [5.41, 5.74) is 0.653. The Kier molecular flexibility index (Phi) is 4.23. The van der Waals surface area contributed by atoms with Crippen molar-refractivity contribution in [2.75, 3.05) is 0 Å². The van der Waals surface area contributed by atoms with Crippen LogP contribution < -0.4 is 10.9 Å². The minimum absolute atomic E-state index is 0.0751. The van der Waals surface area contributed by atoms with E-state index in [2.05, 4.69) is 10.3 Å². The molecular weight excluding hydrogens is 274 g/mol. The zero-order chi connectivity index (χ0) is 14.9. The number of carbonyl (C=O) groups is 1. The quantitative estimate of drug-likeness (QED) is 0.941. The Morgan fingerprint density at radius 1 is 1.50 bits per heavy atom. The van der Waals surface area contributed by atoms with Crippen LogP contribution >= 0.6 is 11.3 Å². The Hall–Kier alpha value is -1.69. The average molecular weight is 293 g/mol. The molecule has 0 aromatic carbocycles. The Balaban J connectivity index is 2.52. The van der Waals surface area contributed by atoms with Gasteiger partial charge in [0.15, 0.2) is 0 Å². The van der Waals surface area contributed by atoms with Crippen LogP contribution in [-0.4, -0.2) is 21.5 Å². The molecule has 2 rings (SSSR count). The number of nitrogens with zero attached hydrogens (tertiary/aromatic N) is 2. The van der Waals surface area contributed by atoms with E-state index in [0.29, 0.717) is 21.6 Å². The number of aromatic nitrogens is 2. The average Bonchev–Trinajstić information content (AvgIpc) is 2.77. The highest BCUT2D eigenvalue weighted by Gasteiger charge is 2.19. The van der Waals surface area contributed by atoms with E-state index in [1.54, 1.807) is 4.57 Å². The second kappa shape index (κ2) is 5.75. The second-order valence-electron chi connectivity index (χ2n) is 4.85. The zero-order valence-electron chi connectivity index (χ0n) is 12.2. The van der Waals surface area contributed by atoms with Crippen LogP contribution in [0.2, 0.25) is 0 Å². The van der Waals surface area contributed by atoms with Crippen LogP contribution in [0, 0.1) is 6.92 Å². The highest BCUT2D eigenvalue weighted by Crippen LogP contribution is 2.26. The molecule has 0 spiro atoms. The van der Waals surface area contributed by atoms with Crippen LogP contribution in [0.3, 0.4) is 0 Å². The van der Waals surface area contributed by atoms with E-state index < -0.39 is 0 Å². The lowest BCUT2D eigenvalue weighted by molar-refractivity contribution is 0.0943. The van der Waals surface area contributed by atoms with E-state index in [9.17, 15) is 9.59 Å². The molecule has 2 aromatic heterocycles. The SMILES string of the molecule is CCC(C)NC(=O)c1sc2ncn(CC)c(=O)c2c1C. The molecule has 0 saturated carbocycles. The first-order valence-electron chi connectivity index (χ1n) is 6.78. The van der Waals surface area contributed by atoms with Gasteiger partial charge in [-0.2, -0.15) is 0 Å². The van der Waals surface area contributed by atoms with Gasteiger partial charge in [-0.1, -0.05) is 6.92 Å². The van der Waals surface area contributed by atoms with Gasteiger partial charge >= 0.3 is 0 Å². The zero-order valence-corrected chi connectivity index (χ0v) is 13.0. The molecule has 20 heavy (non-hydrogen) atoms. The first-order chi connectivity index (χ1) is 9.49. The topological polar surface area (TPSA) is 64.0 Å². The molecule has 0 aliphatic rings. The summed E-state index contributed by atoms with van der Waals surface area (Å²) in [5.74, 6) is -0.123. The van der Waals surface area contributed by atoms with Crippen LogP contribution in [0.1, 0.15) is 42.4 Å². The van der Waals surface area contributed by atoms with Crippen molar-refractivity contribution >= 4 is 27.5 Å². The number of nitrogens with one attached hydrogen (secondary N) is 1. The van der Waals surface area contributed by atoms with Gasteiger partial charge in [0.1, 0.15) is 4.83 Å². The van der Waals surface area contributed by atoms with Gasteiger partial charge in [0.05, 0.1) is 16.6 Å². The summed E-state index contributed by atoms with van der Waals surface area (Å²) in [4.78, 5) is 30.0. The van der Waals surface area contributed by atoms with E-state index in [0.717, 1.165) is 12.0 Å². The Labute approximate surface area is 121 Å². The fourth-order valence-corrected chi connectivity index (χ4v) is 3.03. The van der Waals surface area contributed by atoms with Gasteiger partial charge in [0, 0.05) is 12.6 Å². The van der Waals surface area contributed by atoms with Crippen LogP contribution in [0.25, 0.3) is 10.2 Å². The van der Waals surface area contributed by atoms with Gasteiger partial charge in [-0.05, 0) is 32.8 Å². The highest BCUT2D eigenvalue weighted by atomic mass is 32.1. The molecule has 2 heterocycles. The molecule has 1 amide bonds. The standard InChI is InChI=1S/C14H19N3O2S/c1-5-8(3)16-12(18)11-9(4)10-13(20-11)15-7-17(6-2)14(10)19/h7-8H,5-6H2,1-4H3,(H,16,18). The highest BCUT2D eigenvalue weighted by molar-refractivity contribution is 7.20. The lowest BCUT2D eigenvalue weighted by Crippen LogP contribution is -2.31. The molecular formula is C14H19N3O2S. The van der Waals surface area contributed by atoms with Crippen molar-refractivity contribution in [1.82, 2.24) is 14.9 Å². The number of amides is 1. The molecule has 6 heteroatoms. The third-order valence-corrected chi connectivity index (χ3v) is 4.65. The predicted octanol–water partition coefficient (Wildman–Crippen LogP) is 2.31. The third kappa shape index (κ3) is 2.47. The van der Waals surface area contributed by atoms with Crippen LogP contribution in [0.15, 0.2) is 11.1 Å². The largest absolute Gasteiger partial charge is 0.349 e. The van der Waals surface area contributed by atoms with Gasteiger partial charge in [0.2, 0.25) is 0 Å². The van der Waals surface area contributed by atoms with Crippen molar-refractivity contribution in [3.63, 3.8) is 0 Å². The number of carbonyl (C=O) groups excluding carboxylic acids is 1. The molecule has 0 radical (unpaired) electrons. The Morgan fingerprint density at radius 3 is 2.80 bits per heavy atom. The van der Waals surface area contributed by atoms with Crippen molar-refractivity contribution in [1.29, 1.82) is 0 Å². The third-order valence-electron chi connectivity index (χ3n) is 3.45. The molecule has 0 saturated heterocycles. The number of thiophene rings is 1. The van der Waals surface area contributed by atoms with E-state index in [4.69, 9.17) is 0 Å². The normalized spacial score (nSPS) is 12.6. The van der Waals surface area contributed by atoms with E-state index in [1.165, 1.54) is 17.7 Å². The number of fused-ring (bicyclic) bond motifs is 1. The molecule has 0 aliphatic heterocycles. The van der Waals surface area contributed by atoms with Gasteiger partial charge in [-0.3, -0.25) is 14.2 Å². The van der Waals surface area contributed by atoms with Crippen LogP contribution in [0.5, 0.6) is 0 Å². The first-order valence-corrected chi connectivity index (χ1v) is 7.60. The van der Waals surface area contributed by atoms with Crippen molar-refractivity contribution < 1.29 is 4.79 Å². The molecule has 1 atom stereocenters. The number of hydrogen-bond acceptors (Lipinski definition) is 4. The first kappa shape index (κ1) is 14.7. The fourth-order valence-electron chi connectivity index (χ4n) is 1.99. The van der Waals surface area contributed by atoms with E-state index in [1.807, 2.05) is 27.7 Å². The maximum atomic E-state index is 12.3. The maximum Gasteiger partial charge on any atom is 0.262 e. The summed E-state index contributed by atoms with van der Waals surface area (Å²) in [5, 5.41) is 3.49. The van der Waals surface area contributed by atoms with Gasteiger partial charge < -0.3 is 5.32 Å². The molecule has 1 unspecified atom stereocenters. The molecule has 0 fully saturated rings.